The number of pyridine rings is 1. The van der Waals surface area contributed by atoms with Gasteiger partial charge in [0.05, 0.1) is 12.2 Å². The second-order valence-electron chi connectivity index (χ2n) is 7.65. The average molecular weight is 418 g/mol. The van der Waals surface area contributed by atoms with Gasteiger partial charge in [-0.2, -0.15) is 0 Å². The van der Waals surface area contributed by atoms with Crippen LogP contribution >= 0.6 is 0 Å². The number of nitrogens with one attached hydrogen (secondary N) is 1. The molecule has 0 aliphatic heterocycles. The van der Waals surface area contributed by atoms with E-state index in [1.807, 2.05) is 33.4 Å². The summed E-state index contributed by atoms with van der Waals surface area (Å²) in [5, 5.41) is 14.1. The third-order valence-corrected chi connectivity index (χ3v) is 5.52. The van der Waals surface area contributed by atoms with E-state index in [9.17, 15) is 4.79 Å². The molecule has 0 fully saturated rings. The van der Waals surface area contributed by atoms with E-state index >= 15 is 0 Å². The smallest absolute Gasteiger partial charge is 0.296 e. The number of aromatic nitrogens is 7. The van der Waals surface area contributed by atoms with Crippen LogP contribution < -0.4 is 5.69 Å². The van der Waals surface area contributed by atoms with E-state index in [4.69, 9.17) is 0 Å². The van der Waals surface area contributed by atoms with Crippen molar-refractivity contribution in [3.8, 4) is 22.6 Å². The summed E-state index contributed by atoms with van der Waals surface area (Å²) in [5.74, 6) is 0.579. The Morgan fingerprint density at radius 1 is 1.03 bits per heavy atom. The molecule has 0 saturated carbocycles. The minimum absolute atomic E-state index is 0.0803. The maximum absolute atomic E-state index is 13.0. The molecule has 4 aromatic rings. The zero-order valence-electron chi connectivity index (χ0n) is 18.2. The first-order chi connectivity index (χ1) is 15.1. The highest BCUT2D eigenvalue weighted by molar-refractivity contribution is 5.76. The van der Waals surface area contributed by atoms with Crippen LogP contribution in [0.4, 0.5) is 0 Å². The van der Waals surface area contributed by atoms with Crippen LogP contribution in [0.1, 0.15) is 43.6 Å². The van der Waals surface area contributed by atoms with Crippen LogP contribution in [-0.2, 0) is 19.5 Å². The van der Waals surface area contributed by atoms with E-state index in [1.165, 1.54) is 0 Å². The predicted octanol–water partition coefficient (Wildman–Crippen LogP) is 3.61. The molecule has 3 aromatic heterocycles. The molecule has 0 aliphatic rings. The van der Waals surface area contributed by atoms with Crippen LogP contribution in [0.25, 0.3) is 22.6 Å². The average Bonchev–Trinajstić information content (AvgIpc) is 3.40. The molecule has 0 atom stereocenters. The molecule has 0 spiro atoms. The molecule has 0 radical (unpaired) electrons. The molecule has 0 aliphatic carbocycles. The maximum Gasteiger partial charge on any atom is 0.328 e. The van der Waals surface area contributed by atoms with Crippen LogP contribution in [-0.4, -0.2) is 34.7 Å². The molecule has 1 aromatic carbocycles. The van der Waals surface area contributed by atoms with E-state index in [1.54, 1.807) is 6.20 Å². The second kappa shape index (κ2) is 9.07. The fourth-order valence-corrected chi connectivity index (χ4v) is 4.01. The molecule has 1 N–H and O–H groups in total. The Kier molecular flexibility index (Phi) is 6.06. The van der Waals surface area contributed by atoms with Gasteiger partial charge in [-0.3, -0.25) is 14.1 Å². The quantitative estimate of drug-likeness (QED) is 0.473. The molecular weight excluding hydrogens is 390 g/mol. The van der Waals surface area contributed by atoms with Crippen LogP contribution in [0.3, 0.4) is 0 Å². The first-order valence-corrected chi connectivity index (χ1v) is 10.7. The Balaban J connectivity index is 1.66. The van der Waals surface area contributed by atoms with Crippen molar-refractivity contribution in [1.29, 1.82) is 0 Å². The number of H-pyrrole nitrogens is 1. The van der Waals surface area contributed by atoms with Crippen LogP contribution in [0, 0.1) is 6.92 Å². The van der Waals surface area contributed by atoms with Crippen molar-refractivity contribution in [2.75, 3.05) is 0 Å². The lowest BCUT2D eigenvalue weighted by atomic mass is 10.0. The molecule has 0 amide bonds. The van der Waals surface area contributed by atoms with Gasteiger partial charge in [0.2, 0.25) is 0 Å². The summed E-state index contributed by atoms with van der Waals surface area (Å²) in [6, 6.07) is 12.0. The third kappa shape index (κ3) is 4.05. The van der Waals surface area contributed by atoms with Gasteiger partial charge >= 0.3 is 5.69 Å². The van der Waals surface area contributed by atoms with Crippen LogP contribution in [0.2, 0.25) is 0 Å². The summed E-state index contributed by atoms with van der Waals surface area (Å²) >= 11 is 0. The first-order valence-electron chi connectivity index (χ1n) is 10.7. The van der Waals surface area contributed by atoms with Crippen molar-refractivity contribution in [2.24, 2.45) is 0 Å². The Hall–Kier alpha value is -3.55. The predicted molar refractivity (Wildman–Crippen MR) is 120 cm³/mol. The van der Waals surface area contributed by atoms with E-state index in [-0.39, 0.29) is 5.69 Å². The van der Waals surface area contributed by atoms with Crippen molar-refractivity contribution < 1.29 is 0 Å². The molecule has 3 heterocycles. The molecule has 8 heteroatoms. The zero-order chi connectivity index (χ0) is 21.8. The van der Waals surface area contributed by atoms with Gasteiger partial charge in [0.1, 0.15) is 0 Å². The topological polar surface area (TPSA) is 94.3 Å². The summed E-state index contributed by atoms with van der Waals surface area (Å²) in [7, 11) is 0. The molecule has 31 heavy (non-hydrogen) atoms. The van der Waals surface area contributed by atoms with E-state index in [2.05, 4.69) is 58.5 Å². The van der Waals surface area contributed by atoms with Gasteiger partial charge in [0, 0.05) is 35.3 Å². The van der Waals surface area contributed by atoms with Crippen molar-refractivity contribution in [3.05, 3.63) is 70.0 Å². The maximum atomic E-state index is 13.0. The molecule has 0 bridgehead atoms. The highest BCUT2D eigenvalue weighted by atomic mass is 16.1. The van der Waals surface area contributed by atoms with Gasteiger partial charge in [-0.1, -0.05) is 44.5 Å². The first kappa shape index (κ1) is 20.7. The van der Waals surface area contributed by atoms with Crippen LogP contribution in [0.5, 0.6) is 0 Å². The lowest BCUT2D eigenvalue weighted by Gasteiger charge is -2.10. The second-order valence-corrected chi connectivity index (χ2v) is 7.65. The normalized spacial score (nSPS) is 11.2. The lowest BCUT2D eigenvalue weighted by Crippen LogP contribution is -2.25. The van der Waals surface area contributed by atoms with Gasteiger partial charge in [0.25, 0.3) is 0 Å². The molecule has 0 saturated heterocycles. The van der Waals surface area contributed by atoms with E-state index in [0.29, 0.717) is 12.4 Å². The Bertz CT molecular complexity index is 1200. The van der Waals surface area contributed by atoms with Gasteiger partial charge in [-0.25, -0.2) is 9.89 Å². The van der Waals surface area contributed by atoms with Gasteiger partial charge in [0.15, 0.2) is 5.82 Å². The number of benzene rings is 1. The molecular formula is C23H27N7O. The summed E-state index contributed by atoms with van der Waals surface area (Å²) in [4.78, 5) is 17.6. The Labute approximate surface area is 181 Å². The third-order valence-electron chi connectivity index (χ3n) is 5.52. The van der Waals surface area contributed by atoms with Gasteiger partial charge < -0.3 is 0 Å². The van der Waals surface area contributed by atoms with Crippen molar-refractivity contribution in [1.82, 2.24) is 34.7 Å². The number of hydrogen-bond donors (Lipinski definition) is 1. The SMILES string of the molecule is CCCc1c(C)n(CCC)c(=O)n1Cc1ccc(-c2ncccc2-c2nnn[nH]2)cc1. The fraction of sp³-hybridized carbons (Fsp3) is 0.348. The molecule has 4 rings (SSSR count). The number of nitrogens with zero attached hydrogens (tertiary/aromatic N) is 6. The number of aromatic amines is 1. The number of imidazole rings is 1. The van der Waals surface area contributed by atoms with Gasteiger partial charge in [-0.05, 0) is 47.9 Å². The van der Waals surface area contributed by atoms with E-state index in [0.717, 1.165) is 59.6 Å². The number of rotatable bonds is 8. The highest BCUT2D eigenvalue weighted by Crippen LogP contribution is 2.27. The number of tetrazole rings is 1. The Morgan fingerprint density at radius 3 is 2.52 bits per heavy atom. The summed E-state index contributed by atoms with van der Waals surface area (Å²) in [6.45, 7) is 7.62. The molecule has 8 nitrogen and oxygen atoms in total. The summed E-state index contributed by atoms with van der Waals surface area (Å²) in [5.41, 5.74) is 6.00. The highest BCUT2D eigenvalue weighted by Gasteiger charge is 2.16. The fourth-order valence-electron chi connectivity index (χ4n) is 4.01. The number of hydrogen-bond acceptors (Lipinski definition) is 5. The van der Waals surface area contributed by atoms with Crippen molar-refractivity contribution in [3.63, 3.8) is 0 Å². The standard InChI is InChI=1S/C23H27N7O/c1-4-7-20-16(3)29(14-5-2)23(31)30(20)15-17-9-11-18(12-10-17)21-19(8-6-13-24-21)22-25-27-28-26-22/h6,8-13H,4-5,7,14-15H2,1-3H3,(H,25,26,27,28). The molecule has 0 unspecified atom stereocenters. The zero-order valence-corrected chi connectivity index (χ0v) is 18.2. The van der Waals surface area contributed by atoms with Crippen LogP contribution in [0.15, 0.2) is 47.4 Å². The largest absolute Gasteiger partial charge is 0.328 e. The summed E-state index contributed by atoms with van der Waals surface area (Å²) < 4.78 is 3.83. The monoisotopic (exact) mass is 417 g/mol. The lowest BCUT2D eigenvalue weighted by molar-refractivity contribution is 0.612. The minimum atomic E-state index is 0.0803. The summed E-state index contributed by atoms with van der Waals surface area (Å²) in [6.07, 6.45) is 4.61. The Morgan fingerprint density at radius 2 is 1.84 bits per heavy atom. The van der Waals surface area contributed by atoms with Crippen molar-refractivity contribution >= 4 is 0 Å². The van der Waals surface area contributed by atoms with E-state index < -0.39 is 0 Å². The minimum Gasteiger partial charge on any atom is -0.296 e. The van der Waals surface area contributed by atoms with Gasteiger partial charge in [-0.15, -0.1) is 5.10 Å². The van der Waals surface area contributed by atoms with Crippen molar-refractivity contribution in [2.45, 2.75) is 53.1 Å². The molecule has 160 valence electrons.